The summed E-state index contributed by atoms with van der Waals surface area (Å²) >= 11 is 1.52. The maximum Gasteiger partial charge on any atom is 0.226 e. The van der Waals surface area contributed by atoms with Gasteiger partial charge in [0.1, 0.15) is 5.75 Å². The normalized spacial score (nSPS) is 10.3. The second-order valence-electron chi connectivity index (χ2n) is 4.21. The number of nitrogens with zero attached hydrogens (tertiary/aromatic N) is 2. The zero-order chi connectivity index (χ0) is 14.9. The summed E-state index contributed by atoms with van der Waals surface area (Å²) < 4.78 is 5.52. The monoisotopic (exact) mass is 306 g/mol. The van der Waals surface area contributed by atoms with Gasteiger partial charge in [-0.3, -0.25) is 10.1 Å². The maximum absolute atomic E-state index is 11.7. The van der Waals surface area contributed by atoms with Gasteiger partial charge in [0.15, 0.2) is 0 Å². The molecule has 0 saturated heterocycles. The summed E-state index contributed by atoms with van der Waals surface area (Å²) in [6, 6.07) is 9.54. The van der Waals surface area contributed by atoms with Crippen LogP contribution in [0.25, 0.3) is 0 Å². The van der Waals surface area contributed by atoms with Gasteiger partial charge in [-0.05, 0) is 24.3 Å². The van der Waals surface area contributed by atoms with E-state index in [1.165, 1.54) is 11.8 Å². The third kappa shape index (κ3) is 5.47. The lowest BCUT2D eigenvalue weighted by Crippen LogP contribution is -2.13. The molecule has 2 rings (SSSR count). The van der Waals surface area contributed by atoms with Crippen LogP contribution >= 0.6 is 11.8 Å². The first-order valence-corrected chi connectivity index (χ1v) is 7.79. The van der Waals surface area contributed by atoms with Gasteiger partial charge in [-0.15, -0.1) is 5.10 Å². The number of aromatic amines is 1. The number of carbonyl (C=O) groups excluding carboxylic acids is 1. The number of carbonyl (C=O) groups is 1. The maximum atomic E-state index is 11.7. The second-order valence-corrected chi connectivity index (χ2v) is 5.44. The summed E-state index contributed by atoms with van der Waals surface area (Å²) in [5.41, 5.74) is 0. The van der Waals surface area contributed by atoms with E-state index >= 15 is 0 Å². The predicted octanol–water partition coefficient (Wildman–Crippen LogP) is 2.71. The molecule has 2 aromatic rings. The zero-order valence-electron chi connectivity index (χ0n) is 11.8. The van der Waals surface area contributed by atoms with Gasteiger partial charge in [0.2, 0.25) is 17.0 Å². The Labute approximate surface area is 127 Å². The molecule has 0 atom stereocenters. The number of H-pyrrole nitrogens is 1. The van der Waals surface area contributed by atoms with E-state index in [4.69, 9.17) is 4.74 Å². The summed E-state index contributed by atoms with van der Waals surface area (Å²) in [4.78, 5) is 15.9. The largest absolute Gasteiger partial charge is 0.494 e. The van der Waals surface area contributed by atoms with Crippen molar-refractivity contribution in [2.45, 2.75) is 24.9 Å². The van der Waals surface area contributed by atoms with E-state index in [0.29, 0.717) is 30.6 Å². The topological polar surface area (TPSA) is 79.9 Å². The van der Waals surface area contributed by atoms with E-state index in [0.717, 1.165) is 11.5 Å². The van der Waals surface area contributed by atoms with Gasteiger partial charge in [-0.25, -0.2) is 5.10 Å². The van der Waals surface area contributed by atoms with Crippen molar-refractivity contribution in [1.29, 1.82) is 0 Å². The number of aromatic nitrogens is 3. The molecule has 1 aromatic carbocycles. The first-order chi connectivity index (χ1) is 10.3. The standard InChI is InChI=1S/C14H18N4O2S/c1-2-21-14-16-13(17-18-14)15-12(19)9-6-10-20-11-7-4-3-5-8-11/h3-5,7-8H,2,6,9-10H2,1H3,(H2,15,16,17,18,19). The van der Waals surface area contributed by atoms with Crippen molar-refractivity contribution in [3.63, 3.8) is 0 Å². The Balaban J connectivity index is 1.65. The molecular formula is C14H18N4O2S. The van der Waals surface area contributed by atoms with Crippen LogP contribution in [0.15, 0.2) is 35.5 Å². The molecule has 112 valence electrons. The number of nitrogens with one attached hydrogen (secondary N) is 2. The van der Waals surface area contributed by atoms with Crippen LogP contribution in [0.4, 0.5) is 5.95 Å². The summed E-state index contributed by atoms with van der Waals surface area (Å²) in [5, 5.41) is 10.00. The molecule has 6 nitrogen and oxygen atoms in total. The molecule has 0 saturated carbocycles. The molecule has 0 bridgehead atoms. The van der Waals surface area contributed by atoms with Crippen molar-refractivity contribution in [1.82, 2.24) is 15.2 Å². The van der Waals surface area contributed by atoms with Crippen LogP contribution in [0.3, 0.4) is 0 Å². The van der Waals surface area contributed by atoms with E-state index < -0.39 is 0 Å². The van der Waals surface area contributed by atoms with Crippen molar-refractivity contribution >= 4 is 23.6 Å². The third-order valence-electron chi connectivity index (χ3n) is 2.56. The molecule has 0 aliphatic carbocycles. The van der Waals surface area contributed by atoms with Gasteiger partial charge < -0.3 is 4.74 Å². The molecule has 1 aromatic heterocycles. The van der Waals surface area contributed by atoms with Gasteiger partial charge >= 0.3 is 0 Å². The molecule has 7 heteroatoms. The van der Waals surface area contributed by atoms with Crippen molar-refractivity contribution in [3.8, 4) is 5.75 Å². The van der Waals surface area contributed by atoms with Crippen LogP contribution in [0.5, 0.6) is 5.75 Å². The van der Waals surface area contributed by atoms with E-state index in [2.05, 4.69) is 20.5 Å². The van der Waals surface area contributed by atoms with Gasteiger partial charge in [0.05, 0.1) is 6.61 Å². The number of hydrogen-bond acceptors (Lipinski definition) is 5. The minimum absolute atomic E-state index is 0.101. The van der Waals surface area contributed by atoms with Gasteiger partial charge in [0.25, 0.3) is 0 Å². The Bertz CT molecular complexity index is 559. The van der Waals surface area contributed by atoms with E-state index in [1.807, 2.05) is 37.3 Å². The number of hydrogen-bond donors (Lipinski definition) is 2. The molecule has 0 unspecified atom stereocenters. The number of amides is 1. The van der Waals surface area contributed by atoms with Crippen LogP contribution in [-0.2, 0) is 4.79 Å². The molecular weight excluding hydrogens is 288 g/mol. The number of para-hydroxylation sites is 1. The Hall–Kier alpha value is -2.02. The lowest BCUT2D eigenvalue weighted by Gasteiger charge is -2.05. The first kappa shape index (κ1) is 15.4. The first-order valence-electron chi connectivity index (χ1n) is 6.81. The molecule has 1 heterocycles. The SMILES string of the molecule is CCSc1n[nH]c(NC(=O)CCCOc2ccccc2)n1. The van der Waals surface area contributed by atoms with Crippen molar-refractivity contribution in [3.05, 3.63) is 30.3 Å². The highest BCUT2D eigenvalue weighted by molar-refractivity contribution is 7.99. The van der Waals surface area contributed by atoms with E-state index in [9.17, 15) is 4.79 Å². The molecule has 2 N–H and O–H groups in total. The fourth-order valence-electron chi connectivity index (χ4n) is 1.63. The third-order valence-corrected chi connectivity index (χ3v) is 3.29. The van der Waals surface area contributed by atoms with Crippen molar-refractivity contribution in [2.24, 2.45) is 0 Å². The number of ether oxygens (including phenoxy) is 1. The lowest BCUT2D eigenvalue weighted by molar-refractivity contribution is -0.116. The number of anilines is 1. The fraction of sp³-hybridized carbons (Fsp3) is 0.357. The molecule has 0 fully saturated rings. The Morgan fingerprint density at radius 3 is 2.95 bits per heavy atom. The molecule has 1 amide bonds. The average Bonchev–Trinajstić information content (AvgIpc) is 2.92. The number of benzene rings is 1. The van der Waals surface area contributed by atoms with E-state index in [-0.39, 0.29) is 5.91 Å². The summed E-state index contributed by atoms with van der Waals surface area (Å²) in [5.74, 6) is 1.99. The second kappa shape index (κ2) is 8.31. The Kier molecular flexibility index (Phi) is 6.08. The molecule has 0 spiro atoms. The highest BCUT2D eigenvalue weighted by Crippen LogP contribution is 2.13. The molecule has 21 heavy (non-hydrogen) atoms. The van der Waals surface area contributed by atoms with Crippen molar-refractivity contribution in [2.75, 3.05) is 17.7 Å². The van der Waals surface area contributed by atoms with E-state index in [1.54, 1.807) is 0 Å². The van der Waals surface area contributed by atoms with Gasteiger partial charge in [0, 0.05) is 6.42 Å². The smallest absolute Gasteiger partial charge is 0.226 e. The fourth-order valence-corrected chi connectivity index (χ4v) is 2.15. The van der Waals surface area contributed by atoms with Crippen LogP contribution in [0.1, 0.15) is 19.8 Å². The quantitative estimate of drug-likeness (QED) is 0.579. The lowest BCUT2D eigenvalue weighted by atomic mass is 10.3. The van der Waals surface area contributed by atoms with Crippen LogP contribution in [0.2, 0.25) is 0 Å². The van der Waals surface area contributed by atoms with Gasteiger partial charge in [-0.1, -0.05) is 36.9 Å². The van der Waals surface area contributed by atoms with Gasteiger partial charge in [-0.2, -0.15) is 4.98 Å². The van der Waals surface area contributed by atoms with Crippen LogP contribution < -0.4 is 10.1 Å². The number of thioether (sulfide) groups is 1. The highest BCUT2D eigenvalue weighted by Gasteiger charge is 2.07. The molecule has 0 aliphatic heterocycles. The van der Waals surface area contributed by atoms with Crippen LogP contribution in [-0.4, -0.2) is 33.4 Å². The summed E-state index contributed by atoms with van der Waals surface area (Å²) in [7, 11) is 0. The molecule has 0 aliphatic rings. The summed E-state index contributed by atoms with van der Waals surface area (Å²) in [6.45, 7) is 2.52. The minimum atomic E-state index is -0.101. The predicted molar refractivity (Wildman–Crippen MR) is 82.6 cm³/mol. The Morgan fingerprint density at radius 2 is 2.19 bits per heavy atom. The van der Waals surface area contributed by atoms with Crippen LogP contribution in [0, 0.1) is 0 Å². The molecule has 0 radical (unpaired) electrons. The average molecular weight is 306 g/mol. The highest BCUT2D eigenvalue weighted by atomic mass is 32.2. The summed E-state index contributed by atoms with van der Waals surface area (Å²) in [6.07, 6.45) is 1.02. The number of rotatable bonds is 8. The van der Waals surface area contributed by atoms with Crippen molar-refractivity contribution < 1.29 is 9.53 Å². The minimum Gasteiger partial charge on any atom is -0.494 e. The zero-order valence-corrected chi connectivity index (χ0v) is 12.7. The Morgan fingerprint density at radius 1 is 1.38 bits per heavy atom.